The molecular formula is C25H27N7O4S. The number of carbonyl (C=O) groups excluding carboxylic acids is 1. The lowest BCUT2D eigenvalue weighted by Gasteiger charge is -2.30. The number of nitrogens with one attached hydrogen (secondary N) is 2. The summed E-state index contributed by atoms with van der Waals surface area (Å²) in [6.07, 6.45) is 1.02. The first-order valence-electron chi connectivity index (χ1n) is 12.0. The molecule has 12 heteroatoms. The van der Waals surface area contributed by atoms with Crippen LogP contribution < -0.4 is 10.9 Å². The van der Waals surface area contributed by atoms with Gasteiger partial charge >= 0.3 is 0 Å². The highest BCUT2D eigenvalue weighted by Gasteiger charge is 2.31. The molecule has 1 aliphatic heterocycles. The van der Waals surface area contributed by atoms with E-state index < -0.39 is 10.0 Å². The van der Waals surface area contributed by atoms with Gasteiger partial charge in [0.1, 0.15) is 5.82 Å². The highest BCUT2D eigenvalue weighted by atomic mass is 32.2. The standard InChI is InChI=1S/C25H27N7O4S/c1-16-3-5-18(6-4-16)15-32-24-22(29-30-32)25(34)28-23(27-24)19-11-13-31(14-12-19)37(35,36)21-9-7-20(8-10-21)26-17(2)33/h3-10,19H,11-15H2,1-2H3,(H,26,33)(H,27,28,34). The number of aromatic amines is 1. The zero-order valence-electron chi connectivity index (χ0n) is 20.5. The Labute approximate surface area is 213 Å². The minimum atomic E-state index is -3.69. The summed E-state index contributed by atoms with van der Waals surface area (Å²) in [5.41, 5.74) is 2.94. The van der Waals surface area contributed by atoms with Crippen molar-refractivity contribution in [3.63, 3.8) is 0 Å². The number of amides is 1. The lowest BCUT2D eigenvalue weighted by atomic mass is 9.97. The summed E-state index contributed by atoms with van der Waals surface area (Å²) in [5, 5.41) is 10.8. The summed E-state index contributed by atoms with van der Waals surface area (Å²) >= 11 is 0. The largest absolute Gasteiger partial charge is 0.326 e. The molecule has 2 aromatic carbocycles. The third-order valence-electron chi connectivity index (χ3n) is 6.50. The van der Waals surface area contributed by atoms with Crippen LogP contribution in [0.1, 0.15) is 42.6 Å². The van der Waals surface area contributed by atoms with Crippen molar-refractivity contribution in [3.8, 4) is 0 Å². The van der Waals surface area contributed by atoms with Crippen LogP contribution in [0.5, 0.6) is 0 Å². The molecule has 37 heavy (non-hydrogen) atoms. The molecule has 0 radical (unpaired) electrons. The van der Waals surface area contributed by atoms with E-state index in [2.05, 4.69) is 20.6 Å². The normalized spacial score (nSPS) is 15.2. The maximum atomic E-state index is 13.1. The molecule has 2 aromatic heterocycles. The van der Waals surface area contributed by atoms with Gasteiger partial charge in [0.25, 0.3) is 5.56 Å². The van der Waals surface area contributed by atoms with Crippen molar-refractivity contribution < 1.29 is 13.2 Å². The lowest BCUT2D eigenvalue weighted by Crippen LogP contribution is -2.38. The van der Waals surface area contributed by atoms with E-state index in [-0.39, 0.29) is 27.8 Å². The number of nitrogens with zero attached hydrogens (tertiary/aromatic N) is 5. The van der Waals surface area contributed by atoms with Gasteiger partial charge in [-0.25, -0.2) is 18.1 Å². The molecule has 4 aromatic rings. The van der Waals surface area contributed by atoms with Gasteiger partial charge in [-0.3, -0.25) is 9.59 Å². The third kappa shape index (κ3) is 5.16. The number of anilines is 1. The summed E-state index contributed by atoms with van der Waals surface area (Å²) in [5.74, 6) is 0.187. The van der Waals surface area contributed by atoms with Gasteiger partial charge in [-0.2, -0.15) is 4.31 Å². The highest BCUT2D eigenvalue weighted by Crippen LogP contribution is 2.29. The van der Waals surface area contributed by atoms with Crippen LogP contribution in [0.25, 0.3) is 11.2 Å². The molecule has 1 fully saturated rings. The molecule has 0 atom stereocenters. The van der Waals surface area contributed by atoms with Gasteiger partial charge < -0.3 is 10.3 Å². The lowest BCUT2D eigenvalue weighted by molar-refractivity contribution is -0.114. The maximum Gasteiger partial charge on any atom is 0.281 e. The number of fused-ring (bicyclic) bond motifs is 1. The molecule has 2 N–H and O–H groups in total. The van der Waals surface area contributed by atoms with Crippen LogP contribution in [-0.4, -0.2) is 56.7 Å². The summed E-state index contributed by atoms with van der Waals surface area (Å²) in [4.78, 5) is 31.6. The number of hydrogen-bond acceptors (Lipinski definition) is 7. The molecule has 1 amide bonds. The van der Waals surface area contributed by atoms with E-state index in [1.807, 2.05) is 31.2 Å². The molecule has 1 saturated heterocycles. The summed E-state index contributed by atoms with van der Waals surface area (Å²) in [7, 11) is -3.69. The van der Waals surface area contributed by atoms with Crippen LogP contribution >= 0.6 is 0 Å². The van der Waals surface area contributed by atoms with Gasteiger partial charge in [0.15, 0.2) is 11.2 Å². The van der Waals surface area contributed by atoms with Gasteiger partial charge in [-0.05, 0) is 49.6 Å². The number of benzene rings is 2. The molecule has 0 spiro atoms. The van der Waals surface area contributed by atoms with Crippen molar-refractivity contribution in [1.82, 2.24) is 29.3 Å². The van der Waals surface area contributed by atoms with Gasteiger partial charge in [-0.1, -0.05) is 35.0 Å². The fraction of sp³-hybridized carbons (Fsp3) is 0.320. The van der Waals surface area contributed by atoms with Crippen molar-refractivity contribution >= 4 is 32.8 Å². The van der Waals surface area contributed by atoms with Crippen molar-refractivity contribution in [2.24, 2.45) is 0 Å². The molecule has 5 rings (SSSR count). The van der Waals surface area contributed by atoms with E-state index in [4.69, 9.17) is 4.98 Å². The second-order valence-electron chi connectivity index (χ2n) is 9.24. The molecule has 0 bridgehead atoms. The number of carbonyl (C=O) groups is 1. The van der Waals surface area contributed by atoms with Gasteiger partial charge in [0, 0.05) is 31.6 Å². The minimum absolute atomic E-state index is 0.103. The van der Waals surface area contributed by atoms with Crippen LogP contribution in [-0.2, 0) is 21.4 Å². The molecule has 0 unspecified atom stereocenters. The summed E-state index contributed by atoms with van der Waals surface area (Å²) in [6.45, 7) is 4.43. The number of hydrogen-bond donors (Lipinski definition) is 2. The Morgan fingerprint density at radius 3 is 2.41 bits per heavy atom. The van der Waals surface area contributed by atoms with Crippen LogP contribution in [0.2, 0.25) is 0 Å². The van der Waals surface area contributed by atoms with Crippen LogP contribution in [0.4, 0.5) is 5.69 Å². The van der Waals surface area contributed by atoms with Gasteiger partial charge in [-0.15, -0.1) is 5.10 Å². The Hall–Kier alpha value is -3.90. The van der Waals surface area contributed by atoms with E-state index in [9.17, 15) is 18.0 Å². The van der Waals surface area contributed by atoms with Gasteiger partial charge in [0.2, 0.25) is 15.9 Å². The monoisotopic (exact) mass is 521 g/mol. The Balaban J connectivity index is 1.32. The van der Waals surface area contributed by atoms with Crippen LogP contribution in [0, 0.1) is 6.92 Å². The van der Waals surface area contributed by atoms with Crippen LogP contribution in [0.15, 0.2) is 58.2 Å². The van der Waals surface area contributed by atoms with Crippen molar-refractivity contribution in [1.29, 1.82) is 0 Å². The Bertz CT molecular complexity index is 1600. The zero-order chi connectivity index (χ0) is 26.2. The van der Waals surface area contributed by atoms with E-state index in [1.54, 1.807) is 16.8 Å². The minimum Gasteiger partial charge on any atom is -0.326 e. The number of H-pyrrole nitrogens is 1. The molecule has 3 heterocycles. The van der Waals surface area contributed by atoms with E-state index >= 15 is 0 Å². The zero-order valence-corrected chi connectivity index (χ0v) is 21.3. The van der Waals surface area contributed by atoms with Crippen molar-refractivity contribution in [3.05, 3.63) is 75.8 Å². The highest BCUT2D eigenvalue weighted by molar-refractivity contribution is 7.89. The Morgan fingerprint density at radius 2 is 1.76 bits per heavy atom. The summed E-state index contributed by atoms with van der Waals surface area (Å²) < 4.78 is 29.3. The molecule has 192 valence electrons. The van der Waals surface area contributed by atoms with E-state index in [0.717, 1.165) is 11.1 Å². The molecule has 0 aliphatic carbocycles. The maximum absolute atomic E-state index is 13.1. The van der Waals surface area contributed by atoms with E-state index in [1.165, 1.54) is 23.4 Å². The number of aromatic nitrogens is 5. The molecule has 0 saturated carbocycles. The van der Waals surface area contributed by atoms with Crippen LogP contribution in [0.3, 0.4) is 0 Å². The first kappa shape index (κ1) is 24.8. The second-order valence-corrected chi connectivity index (χ2v) is 11.2. The molecule has 1 aliphatic rings. The van der Waals surface area contributed by atoms with Crippen molar-refractivity contribution in [2.45, 2.75) is 44.0 Å². The van der Waals surface area contributed by atoms with Gasteiger partial charge in [0.05, 0.1) is 11.4 Å². The predicted octanol–water partition coefficient (Wildman–Crippen LogP) is 2.40. The Kier molecular flexibility index (Phi) is 6.61. The average Bonchev–Trinajstić information content (AvgIpc) is 3.28. The fourth-order valence-electron chi connectivity index (χ4n) is 4.48. The molecular weight excluding hydrogens is 494 g/mol. The summed E-state index contributed by atoms with van der Waals surface area (Å²) in [6, 6.07) is 14.1. The number of rotatable bonds is 6. The first-order chi connectivity index (χ1) is 17.7. The quantitative estimate of drug-likeness (QED) is 0.397. The topological polar surface area (TPSA) is 143 Å². The molecule has 11 nitrogen and oxygen atoms in total. The number of aryl methyl sites for hydroxylation is 1. The second kappa shape index (κ2) is 9.87. The number of sulfonamides is 1. The average molecular weight is 522 g/mol. The van der Waals surface area contributed by atoms with Crippen molar-refractivity contribution in [2.75, 3.05) is 18.4 Å². The number of piperidine rings is 1. The first-order valence-corrected chi connectivity index (χ1v) is 13.4. The predicted molar refractivity (Wildman–Crippen MR) is 138 cm³/mol. The van der Waals surface area contributed by atoms with E-state index in [0.29, 0.717) is 49.6 Å². The SMILES string of the molecule is CC(=O)Nc1ccc(S(=O)(=O)N2CCC(c3nc4c(nnn4Cc4ccc(C)cc4)c(=O)[nH]3)CC2)cc1. The fourth-order valence-corrected chi connectivity index (χ4v) is 5.95. The third-order valence-corrected chi connectivity index (χ3v) is 8.41. The Morgan fingerprint density at radius 1 is 1.08 bits per heavy atom. The smallest absolute Gasteiger partial charge is 0.281 e.